The Labute approximate surface area is 167 Å². The molecule has 0 saturated heterocycles. The highest BCUT2D eigenvalue weighted by Crippen LogP contribution is 2.39. The van der Waals surface area contributed by atoms with Crippen LogP contribution in [0.5, 0.6) is 0 Å². The second-order valence-electron chi connectivity index (χ2n) is 7.55. The summed E-state index contributed by atoms with van der Waals surface area (Å²) in [6.07, 6.45) is 1.64. The molecule has 0 fully saturated rings. The summed E-state index contributed by atoms with van der Waals surface area (Å²) in [5.41, 5.74) is 2.67. The summed E-state index contributed by atoms with van der Waals surface area (Å²) in [6.45, 7) is 0.383. The second-order valence-corrected chi connectivity index (χ2v) is 7.55. The van der Waals surface area contributed by atoms with Crippen molar-refractivity contribution >= 4 is 16.6 Å². The van der Waals surface area contributed by atoms with Gasteiger partial charge in [-0.25, -0.2) is 0 Å². The van der Waals surface area contributed by atoms with Crippen molar-refractivity contribution in [3.05, 3.63) is 94.2 Å². The van der Waals surface area contributed by atoms with E-state index in [1.54, 1.807) is 16.9 Å². The van der Waals surface area contributed by atoms with E-state index in [2.05, 4.69) is 0 Å². The van der Waals surface area contributed by atoms with Gasteiger partial charge in [0.15, 0.2) is 5.78 Å². The average Bonchev–Trinajstić information content (AvgIpc) is 3.35. The van der Waals surface area contributed by atoms with E-state index in [0.29, 0.717) is 34.1 Å². The molecule has 1 aliphatic carbocycles. The Morgan fingerprint density at radius 1 is 0.897 bits per heavy atom. The Balaban J connectivity index is 1.82. The van der Waals surface area contributed by atoms with Gasteiger partial charge in [0, 0.05) is 28.4 Å². The first kappa shape index (κ1) is 17.6. The van der Waals surface area contributed by atoms with E-state index in [-0.39, 0.29) is 17.4 Å². The molecule has 1 aliphatic rings. The molecule has 0 radical (unpaired) electrons. The van der Waals surface area contributed by atoms with Crippen molar-refractivity contribution in [3.8, 4) is 11.3 Å². The van der Waals surface area contributed by atoms with E-state index >= 15 is 0 Å². The van der Waals surface area contributed by atoms with E-state index in [9.17, 15) is 9.59 Å². The number of nitrogens with zero attached hydrogens (tertiary/aromatic N) is 2. The Morgan fingerprint density at radius 2 is 1.59 bits per heavy atom. The highest BCUT2D eigenvalue weighted by atomic mass is 16.3. The monoisotopic (exact) mass is 384 g/mol. The molecule has 4 aromatic rings. The molecule has 5 rings (SSSR count). The third-order valence-corrected chi connectivity index (χ3v) is 5.68. The van der Waals surface area contributed by atoms with E-state index in [1.807, 2.05) is 73.6 Å². The van der Waals surface area contributed by atoms with Crippen LogP contribution < -0.4 is 5.56 Å². The molecule has 5 heteroatoms. The quantitative estimate of drug-likeness (QED) is 0.468. The van der Waals surface area contributed by atoms with Gasteiger partial charge in [0.25, 0.3) is 5.56 Å². The molecule has 5 nitrogen and oxygen atoms in total. The van der Waals surface area contributed by atoms with Crippen LogP contribution in [-0.4, -0.2) is 29.3 Å². The van der Waals surface area contributed by atoms with Crippen LogP contribution >= 0.6 is 0 Å². The topological polar surface area (TPSA) is 55.5 Å². The number of carbonyl (C=O) groups is 1. The average molecular weight is 384 g/mol. The summed E-state index contributed by atoms with van der Waals surface area (Å²) in [5.74, 6) is 0.751. The van der Waals surface area contributed by atoms with Crippen molar-refractivity contribution in [2.24, 2.45) is 0 Å². The van der Waals surface area contributed by atoms with Gasteiger partial charge in [-0.3, -0.25) is 14.5 Å². The maximum absolute atomic E-state index is 13.5. The zero-order valence-corrected chi connectivity index (χ0v) is 16.3. The fourth-order valence-corrected chi connectivity index (χ4v) is 4.27. The minimum absolute atomic E-state index is 0.0278. The zero-order chi connectivity index (χ0) is 20.1. The van der Waals surface area contributed by atoms with Crippen LogP contribution in [0.2, 0.25) is 0 Å². The lowest BCUT2D eigenvalue weighted by Crippen LogP contribution is -2.31. The summed E-state index contributed by atoms with van der Waals surface area (Å²) < 4.78 is 7.39. The molecular weight excluding hydrogens is 364 g/mol. The van der Waals surface area contributed by atoms with Gasteiger partial charge >= 0.3 is 0 Å². The molecule has 0 amide bonds. The van der Waals surface area contributed by atoms with Crippen LogP contribution in [-0.2, 0) is 6.54 Å². The van der Waals surface area contributed by atoms with E-state index in [0.717, 1.165) is 11.3 Å². The number of carbonyl (C=O) groups excluding carboxylic acids is 1. The molecule has 144 valence electrons. The number of furan rings is 1. The molecule has 0 aliphatic heterocycles. The fraction of sp³-hybridized carbons (Fsp3) is 0.167. The first-order valence-electron chi connectivity index (χ1n) is 9.57. The van der Waals surface area contributed by atoms with Gasteiger partial charge in [-0.1, -0.05) is 42.5 Å². The van der Waals surface area contributed by atoms with Gasteiger partial charge in [0.05, 0.1) is 23.6 Å². The lowest BCUT2D eigenvalue weighted by molar-refractivity contribution is 0.104. The first-order valence-corrected chi connectivity index (χ1v) is 9.57. The van der Waals surface area contributed by atoms with Crippen molar-refractivity contribution in [3.63, 3.8) is 0 Å². The minimum Gasteiger partial charge on any atom is -0.468 e. The van der Waals surface area contributed by atoms with Crippen molar-refractivity contribution in [1.82, 2.24) is 9.47 Å². The van der Waals surface area contributed by atoms with Gasteiger partial charge in [-0.05, 0) is 32.3 Å². The highest BCUT2D eigenvalue weighted by Gasteiger charge is 2.33. The summed E-state index contributed by atoms with van der Waals surface area (Å²) in [7, 11) is 3.91. The van der Waals surface area contributed by atoms with E-state index in [4.69, 9.17) is 4.42 Å². The zero-order valence-electron chi connectivity index (χ0n) is 16.3. The number of benzene rings is 2. The summed E-state index contributed by atoms with van der Waals surface area (Å²) in [4.78, 5) is 28.8. The van der Waals surface area contributed by atoms with Crippen molar-refractivity contribution in [2.45, 2.75) is 12.6 Å². The highest BCUT2D eigenvalue weighted by molar-refractivity contribution is 6.26. The number of fused-ring (bicyclic) bond motifs is 5. The van der Waals surface area contributed by atoms with Crippen LogP contribution in [0.3, 0.4) is 0 Å². The number of likely N-dealkylation sites (N-methyl/N-ethyl adjacent to an activating group) is 1. The summed E-state index contributed by atoms with van der Waals surface area (Å²) >= 11 is 0. The Kier molecular flexibility index (Phi) is 4.00. The van der Waals surface area contributed by atoms with E-state index in [1.165, 1.54) is 0 Å². The number of hydrogen-bond acceptors (Lipinski definition) is 4. The van der Waals surface area contributed by atoms with Gasteiger partial charge in [0.1, 0.15) is 5.76 Å². The third-order valence-electron chi connectivity index (χ3n) is 5.68. The maximum atomic E-state index is 13.5. The molecule has 29 heavy (non-hydrogen) atoms. The predicted octanol–water partition coefficient (Wildman–Crippen LogP) is 4.11. The normalized spacial score (nSPS) is 13.7. The Bertz CT molecular complexity index is 1300. The lowest BCUT2D eigenvalue weighted by atomic mass is 10.0. The Hall–Kier alpha value is -3.44. The number of ketones is 1. The van der Waals surface area contributed by atoms with Crippen molar-refractivity contribution in [1.29, 1.82) is 0 Å². The van der Waals surface area contributed by atoms with Crippen molar-refractivity contribution in [2.75, 3.05) is 14.1 Å². The molecule has 0 spiro atoms. The van der Waals surface area contributed by atoms with Crippen LogP contribution in [0.25, 0.3) is 22.0 Å². The third kappa shape index (κ3) is 2.58. The molecule has 1 atom stereocenters. The van der Waals surface area contributed by atoms with Crippen molar-refractivity contribution < 1.29 is 9.21 Å². The smallest absolute Gasteiger partial charge is 0.259 e. The SMILES string of the molecule is CN(C)[C@H](Cn1c2c(c3ccccc3c1=O)C(=O)c1ccccc1-2)c1ccco1. The number of aromatic nitrogens is 1. The van der Waals surface area contributed by atoms with Crippen LogP contribution in [0.4, 0.5) is 0 Å². The number of pyridine rings is 1. The number of rotatable bonds is 4. The van der Waals surface area contributed by atoms with Gasteiger partial charge in [-0.15, -0.1) is 0 Å². The summed E-state index contributed by atoms with van der Waals surface area (Å²) in [6, 6.07) is 18.5. The van der Waals surface area contributed by atoms with Gasteiger partial charge in [0.2, 0.25) is 0 Å². The predicted molar refractivity (Wildman–Crippen MR) is 112 cm³/mol. The largest absolute Gasteiger partial charge is 0.468 e. The van der Waals surface area contributed by atoms with Crippen LogP contribution in [0.15, 0.2) is 76.1 Å². The van der Waals surface area contributed by atoms with Gasteiger partial charge in [-0.2, -0.15) is 0 Å². The molecule has 2 aromatic heterocycles. The van der Waals surface area contributed by atoms with E-state index < -0.39 is 0 Å². The van der Waals surface area contributed by atoms with Gasteiger partial charge < -0.3 is 8.98 Å². The van der Waals surface area contributed by atoms with Crippen LogP contribution in [0, 0.1) is 0 Å². The molecular formula is C24H20N2O3. The maximum Gasteiger partial charge on any atom is 0.259 e. The molecule has 0 N–H and O–H groups in total. The molecule has 0 saturated carbocycles. The fourth-order valence-electron chi connectivity index (χ4n) is 4.27. The second kappa shape index (κ2) is 6.57. The minimum atomic E-state index is -0.143. The Morgan fingerprint density at radius 3 is 2.28 bits per heavy atom. The van der Waals surface area contributed by atoms with Crippen LogP contribution in [0.1, 0.15) is 27.7 Å². The standard InChI is InChI=1S/C24H20N2O3/c1-25(2)19(20-12-7-13-29-20)14-26-22-16-9-4-5-10-17(16)23(27)21(22)15-8-3-6-11-18(15)24(26)28/h3-13,19H,14H2,1-2H3/t19-/m1/s1. The first-order chi connectivity index (χ1) is 14.1. The number of hydrogen-bond donors (Lipinski definition) is 0. The lowest BCUT2D eigenvalue weighted by Gasteiger charge is -2.25. The molecule has 0 bridgehead atoms. The molecule has 2 heterocycles. The molecule has 2 aromatic carbocycles. The molecule has 0 unspecified atom stereocenters. The summed E-state index contributed by atoms with van der Waals surface area (Å²) in [5, 5.41) is 1.27.